The Labute approximate surface area is 126 Å². The van der Waals surface area contributed by atoms with Gasteiger partial charge in [0.1, 0.15) is 5.54 Å². The van der Waals surface area contributed by atoms with Crippen LogP contribution in [0.5, 0.6) is 0 Å². The van der Waals surface area contributed by atoms with Crippen LogP contribution in [-0.2, 0) is 16.6 Å². The predicted octanol–water partition coefficient (Wildman–Crippen LogP) is -0.510. The number of aryl methyl sites for hydroxylation is 1. The maximum Gasteiger partial charge on any atom is 0.339 e. The Kier molecular flexibility index (Phi) is 5.73. The van der Waals surface area contributed by atoms with Gasteiger partial charge in [-0.25, -0.2) is 0 Å². The number of carbonyl (C=O) groups is 1. The molecule has 0 aliphatic heterocycles. The number of aromatic amines is 1. The van der Waals surface area contributed by atoms with Crippen LogP contribution in [0.15, 0.2) is 14.7 Å². The number of aromatic nitrogens is 3. The van der Waals surface area contributed by atoms with Crippen LogP contribution in [0.2, 0.25) is 0 Å². The molecule has 1 aromatic rings. The van der Waals surface area contributed by atoms with Crippen molar-refractivity contribution in [3.05, 3.63) is 20.7 Å². The molecule has 0 amide bonds. The van der Waals surface area contributed by atoms with E-state index in [1.165, 1.54) is 23.6 Å². The number of methoxy groups -OCH3 is 1. The minimum absolute atomic E-state index is 0.0365. The second kappa shape index (κ2) is 6.90. The van der Waals surface area contributed by atoms with Gasteiger partial charge >= 0.3 is 17.1 Å². The summed E-state index contributed by atoms with van der Waals surface area (Å²) in [7, 11) is 4.62. The first-order chi connectivity index (χ1) is 9.73. The third kappa shape index (κ3) is 4.18. The van der Waals surface area contributed by atoms with Gasteiger partial charge in [-0.05, 0) is 20.4 Å². The van der Waals surface area contributed by atoms with E-state index >= 15 is 0 Å². The first kappa shape index (κ1) is 17.4. The van der Waals surface area contributed by atoms with Crippen LogP contribution in [0.3, 0.4) is 0 Å². The fraction of sp³-hybridized carbons (Fsp3) is 0.667. The summed E-state index contributed by atoms with van der Waals surface area (Å²) in [6.07, 6.45) is 0.468. The Morgan fingerprint density at radius 2 is 2.19 bits per heavy atom. The molecule has 2 atom stereocenters. The molecule has 0 bridgehead atoms. The molecule has 1 rings (SSSR count). The second-order valence-electron chi connectivity index (χ2n) is 4.91. The highest BCUT2D eigenvalue weighted by Crippen LogP contribution is 2.26. The molecule has 0 saturated heterocycles. The molecular formula is C12H20N4O4S. The molecule has 0 fully saturated rings. The van der Waals surface area contributed by atoms with E-state index in [2.05, 4.69) is 15.4 Å². The molecule has 1 heterocycles. The monoisotopic (exact) mass is 316 g/mol. The van der Waals surface area contributed by atoms with E-state index in [0.29, 0.717) is 11.6 Å². The van der Waals surface area contributed by atoms with Gasteiger partial charge in [0, 0.05) is 12.3 Å². The van der Waals surface area contributed by atoms with Gasteiger partial charge in [-0.2, -0.15) is 4.98 Å². The molecule has 0 spiro atoms. The zero-order valence-corrected chi connectivity index (χ0v) is 13.5. The van der Waals surface area contributed by atoms with Crippen molar-refractivity contribution >= 4 is 17.7 Å². The SMILES string of the molecule is CNC(C)(CC(C)Sc1nc(=O)c(=O)[nH]n1C)C(=O)OC. The molecule has 9 heteroatoms. The number of likely N-dealkylation sites (N-methyl/N-ethyl adjacent to an activating group) is 1. The summed E-state index contributed by atoms with van der Waals surface area (Å²) < 4.78 is 6.18. The van der Waals surface area contributed by atoms with E-state index in [9.17, 15) is 14.4 Å². The molecule has 118 valence electrons. The summed E-state index contributed by atoms with van der Waals surface area (Å²) in [6.45, 7) is 3.65. The number of nitrogens with one attached hydrogen (secondary N) is 2. The van der Waals surface area contributed by atoms with Crippen molar-refractivity contribution in [2.75, 3.05) is 14.2 Å². The highest BCUT2D eigenvalue weighted by atomic mass is 32.2. The molecule has 1 aromatic heterocycles. The van der Waals surface area contributed by atoms with Crippen molar-refractivity contribution < 1.29 is 9.53 Å². The van der Waals surface area contributed by atoms with E-state index in [4.69, 9.17) is 4.74 Å². The Morgan fingerprint density at radius 1 is 1.57 bits per heavy atom. The maximum absolute atomic E-state index is 11.8. The third-order valence-electron chi connectivity index (χ3n) is 3.14. The number of rotatable bonds is 6. The standard InChI is InChI=1S/C12H20N4O4S/c1-7(6-12(2,13-3)10(19)20-5)21-11-14-8(17)9(18)15-16(11)4/h7,13H,6H2,1-5H3,(H,15,18). The van der Waals surface area contributed by atoms with Crippen LogP contribution in [0.25, 0.3) is 0 Å². The topological polar surface area (TPSA) is 106 Å². The molecule has 2 unspecified atom stereocenters. The lowest BCUT2D eigenvalue weighted by atomic mass is 9.96. The molecule has 0 saturated carbocycles. The fourth-order valence-electron chi connectivity index (χ4n) is 1.88. The van der Waals surface area contributed by atoms with Crippen molar-refractivity contribution in [2.24, 2.45) is 7.05 Å². The molecular weight excluding hydrogens is 296 g/mol. The smallest absolute Gasteiger partial charge is 0.339 e. The lowest BCUT2D eigenvalue weighted by Crippen LogP contribution is -2.49. The summed E-state index contributed by atoms with van der Waals surface area (Å²) >= 11 is 1.30. The molecule has 0 aliphatic carbocycles. The van der Waals surface area contributed by atoms with Crippen LogP contribution in [0, 0.1) is 0 Å². The summed E-state index contributed by atoms with van der Waals surface area (Å²) in [5.74, 6) is -0.360. The second-order valence-corrected chi connectivity index (χ2v) is 6.31. The van der Waals surface area contributed by atoms with Gasteiger partial charge in [-0.1, -0.05) is 18.7 Å². The van der Waals surface area contributed by atoms with Gasteiger partial charge in [-0.3, -0.25) is 24.2 Å². The van der Waals surface area contributed by atoms with Crippen molar-refractivity contribution in [3.63, 3.8) is 0 Å². The molecule has 8 nitrogen and oxygen atoms in total. The summed E-state index contributed by atoms with van der Waals surface area (Å²) in [5, 5.41) is 5.68. The summed E-state index contributed by atoms with van der Waals surface area (Å²) in [6, 6.07) is 0. The highest BCUT2D eigenvalue weighted by molar-refractivity contribution is 7.99. The zero-order chi connectivity index (χ0) is 16.2. The van der Waals surface area contributed by atoms with Gasteiger partial charge in [-0.15, -0.1) is 0 Å². The molecule has 0 aliphatic rings. The van der Waals surface area contributed by atoms with Crippen molar-refractivity contribution in [1.29, 1.82) is 0 Å². The molecule has 0 radical (unpaired) electrons. The lowest BCUT2D eigenvalue weighted by Gasteiger charge is -2.28. The van der Waals surface area contributed by atoms with Gasteiger partial charge < -0.3 is 10.1 Å². The minimum atomic E-state index is -0.831. The summed E-state index contributed by atoms with van der Waals surface area (Å²) in [5.41, 5.74) is -2.42. The molecule has 21 heavy (non-hydrogen) atoms. The van der Waals surface area contributed by atoms with Gasteiger partial charge in [0.05, 0.1) is 7.11 Å². The van der Waals surface area contributed by atoms with Gasteiger partial charge in [0.15, 0.2) is 5.16 Å². The number of carbonyl (C=O) groups excluding carboxylic acids is 1. The first-order valence-corrected chi connectivity index (χ1v) is 7.23. The van der Waals surface area contributed by atoms with E-state index in [1.807, 2.05) is 6.92 Å². The Bertz CT molecular complexity index is 626. The average Bonchev–Trinajstić information content (AvgIpc) is 2.43. The number of H-pyrrole nitrogens is 1. The molecule has 0 aromatic carbocycles. The number of hydrogen-bond acceptors (Lipinski definition) is 7. The van der Waals surface area contributed by atoms with Crippen LogP contribution >= 0.6 is 11.8 Å². The van der Waals surface area contributed by atoms with E-state index in [-0.39, 0.29) is 11.2 Å². The zero-order valence-electron chi connectivity index (χ0n) is 12.7. The van der Waals surface area contributed by atoms with Crippen molar-refractivity contribution in [2.45, 2.75) is 36.2 Å². The van der Waals surface area contributed by atoms with E-state index in [0.717, 1.165) is 0 Å². The highest BCUT2D eigenvalue weighted by Gasteiger charge is 2.34. The fourth-order valence-corrected chi connectivity index (χ4v) is 2.99. The van der Waals surface area contributed by atoms with Crippen LogP contribution in [0.1, 0.15) is 20.3 Å². The number of nitrogens with zero attached hydrogens (tertiary/aromatic N) is 2. The van der Waals surface area contributed by atoms with Gasteiger partial charge in [0.2, 0.25) is 0 Å². The van der Waals surface area contributed by atoms with E-state index < -0.39 is 16.7 Å². The third-order valence-corrected chi connectivity index (χ3v) is 4.28. The predicted molar refractivity (Wildman–Crippen MR) is 79.5 cm³/mol. The Balaban J connectivity index is 2.89. The van der Waals surface area contributed by atoms with Crippen LogP contribution < -0.4 is 16.4 Å². The normalized spacial score (nSPS) is 15.3. The van der Waals surface area contributed by atoms with Gasteiger partial charge in [0.25, 0.3) is 0 Å². The molecule has 2 N–H and O–H groups in total. The average molecular weight is 316 g/mol. The number of hydrogen-bond donors (Lipinski definition) is 2. The Hall–Kier alpha value is -1.61. The largest absolute Gasteiger partial charge is 0.468 e. The quantitative estimate of drug-likeness (QED) is 0.413. The first-order valence-electron chi connectivity index (χ1n) is 6.35. The Morgan fingerprint density at radius 3 is 2.71 bits per heavy atom. The number of thioether (sulfide) groups is 1. The number of ether oxygens (including phenoxy) is 1. The summed E-state index contributed by atoms with van der Waals surface area (Å²) in [4.78, 5) is 38.0. The van der Waals surface area contributed by atoms with Crippen molar-refractivity contribution in [3.8, 4) is 0 Å². The van der Waals surface area contributed by atoms with E-state index in [1.54, 1.807) is 21.0 Å². The maximum atomic E-state index is 11.8. The van der Waals surface area contributed by atoms with Crippen molar-refractivity contribution in [1.82, 2.24) is 20.1 Å². The van der Waals surface area contributed by atoms with Crippen LogP contribution in [-0.4, -0.2) is 45.7 Å². The lowest BCUT2D eigenvalue weighted by molar-refractivity contribution is -0.147. The minimum Gasteiger partial charge on any atom is -0.468 e. The van der Waals surface area contributed by atoms with Crippen LogP contribution in [0.4, 0.5) is 0 Å². The number of esters is 1.